The van der Waals surface area contributed by atoms with E-state index in [0.717, 1.165) is 23.0 Å². The van der Waals surface area contributed by atoms with E-state index in [-0.39, 0.29) is 11.9 Å². The molecule has 0 radical (unpaired) electrons. The van der Waals surface area contributed by atoms with E-state index >= 15 is 0 Å². The van der Waals surface area contributed by atoms with Crippen LogP contribution in [0.4, 0.5) is 0 Å². The van der Waals surface area contributed by atoms with Gasteiger partial charge in [-0.05, 0) is 58.6 Å². The first-order valence-electron chi connectivity index (χ1n) is 10.9. The molecule has 1 heterocycles. The molecule has 3 aromatic carbocycles. The summed E-state index contributed by atoms with van der Waals surface area (Å²) in [5, 5.41) is 3.15. The van der Waals surface area contributed by atoms with E-state index < -0.39 is 0 Å². The third-order valence-corrected chi connectivity index (χ3v) is 5.86. The molecular weight excluding hydrogens is 482 g/mol. The number of aromatic nitrogens is 2. The molecule has 1 atom stereocenters. The Morgan fingerprint density at radius 3 is 2.61 bits per heavy atom. The zero-order chi connectivity index (χ0) is 23.2. The molecule has 6 nitrogen and oxygen atoms in total. The lowest BCUT2D eigenvalue weighted by Gasteiger charge is -2.18. The Labute approximate surface area is 201 Å². The fourth-order valence-corrected chi connectivity index (χ4v) is 4.20. The Morgan fingerprint density at radius 2 is 1.88 bits per heavy atom. The highest BCUT2D eigenvalue weighted by atomic mass is 79.9. The highest BCUT2D eigenvalue weighted by Gasteiger charge is 2.22. The molecule has 170 valence electrons. The highest BCUT2D eigenvalue weighted by Crippen LogP contribution is 2.37. The van der Waals surface area contributed by atoms with Crippen LogP contribution in [-0.2, 0) is 6.42 Å². The van der Waals surface area contributed by atoms with Gasteiger partial charge in [-0.2, -0.15) is 0 Å². The summed E-state index contributed by atoms with van der Waals surface area (Å²) in [5.41, 5.74) is 3.37. The van der Waals surface area contributed by atoms with Crippen LogP contribution >= 0.6 is 15.9 Å². The number of hydrogen-bond acceptors (Lipinski definition) is 4. The third kappa shape index (κ3) is 5.37. The van der Waals surface area contributed by atoms with Crippen LogP contribution in [0.5, 0.6) is 11.5 Å². The van der Waals surface area contributed by atoms with Gasteiger partial charge in [-0.25, -0.2) is 4.98 Å². The van der Waals surface area contributed by atoms with Crippen molar-refractivity contribution in [2.75, 3.05) is 13.7 Å². The van der Waals surface area contributed by atoms with Crippen molar-refractivity contribution in [3.05, 3.63) is 88.2 Å². The summed E-state index contributed by atoms with van der Waals surface area (Å²) >= 11 is 3.52. The van der Waals surface area contributed by atoms with Crippen LogP contribution < -0.4 is 14.8 Å². The summed E-state index contributed by atoms with van der Waals surface area (Å²) in [7, 11) is 1.56. The molecule has 0 spiro atoms. The minimum absolute atomic E-state index is 0.225. The monoisotopic (exact) mass is 507 g/mol. The van der Waals surface area contributed by atoms with Crippen molar-refractivity contribution in [2.24, 2.45) is 0 Å². The first-order chi connectivity index (χ1) is 16.1. The minimum Gasteiger partial charge on any atom is -0.493 e. The van der Waals surface area contributed by atoms with Gasteiger partial charge in [0, 0.05) is 5.56 Å². The highest BCUT2D eigenvalue weighted by molar-refractivity contribution is 9.10. The van der Waals surface area contributed by atoms with Gasteiger partial charge in [0.05, 0.1) is 35.3 Å². The molecule has 2 N–H and O–H groups in total. The Hall–Kier alpha value is -3.32. The molecule has 1 amide bonds. The third-order valence-electron chi connectivity index (χ3n) is 5.27. The van der Waals surface area contributed by atoms with Gasteiger partial charge in [0.1, 0.15) is 5.82 Å². The standard InChI is InChI=1S/C26H26BrN3O3/c1-3-13-33-24-19(27)15-18(16-23(24)32-2)26(31)30-22(14-17-9-5-4-6-10-17)25-28-20-11-7-8-12-21(20)29-25/h4-12,15-16,22H,3,13-14H2,1-2H3,(H,28,29)(H,30,31)/t22-/m0/s1. The number of amides is 1. The summed E-state index contributed by atoms with van der Waals surface area (Å²) in [4.78, 5) is 21.4. The molecule has 0 unspecified atom stereocenters. The number of fused-ring (bicyclic) bond motifs is 1. The molecule has 0 aliphatic carbocycles. The molecule has 33 heavy (non-hydrogen) atoms. The lowest BCUT2D eigenvalue weighted by Crippen LogP contribution is -2.30. The van der Waals surface area contributed by atoms with Crippen molar-refractivity contribution in [1.82, 2.24) is 15.3 Å². The quantitative estimate of drug-likeness (QED) is 0.298. The molecule has 0 saturated carbocycles. The van der Waals surface area contributed by atoms with Crippen LogP contribution in [0.3, 0.4) is 0 Å². The van der Waals surface area contributed by atoms with E-state index in [4.69, 9.17) is 14.5 Å². The van der Waals surface area contributed by atoms with Gasteiger partial charge in [0.25, 0.3) is 5.91 Å². The number of methoxy groups -OCH3 is 1. The van der Waals surface area contributed by atoms with Gasteiger partial charge in [-0.15, -0.1) is 0 Å². The zero-order valence-corrected chi connectivity index (χ0v) is 20.2. The normalized spacial score (nSPS) is 11.8. The SMILES string of the molecule is CCCOc1c(Br)cc(C(=O)N[C@@H](Cc2ccccc2)c2nc3ccccc3[nH]2)cc1OC. The van der Waals surface area contributed by atoms with Gasteiger partial charge in [0.2, 0.25) is 0 Å². The Morgan fingerprint density at radius 1 is 1.12 bits per heavy atom. The summed E-state index contributed by atoms with van der Waals surface area (Å²) in [6.45, 7) is 2.60. The fraction of sp³-hybridized carbons (Fsp3) is 0.231. The van der Waals surface area contributed by atoms with Crippen molar-refractivity contribution < 1.29 is 14.3 Å². The zero-order valence-electron chi connectivity index (χ0n) is 18.6. The maximum atomic E-state index is 13.3. The first kappa shape index (κ1) is 22.9. The van der Waals surface area contributed by atoms with Crippen LogP contribution in [-0.4, -0.2) is 29.6 Å². The Kier molecular flexibility index (Phi) is 7.29. The number of imidazole rings is 1. The molecule has 0 aliphatic rings. The second-order valence-electron chi connectivity index (χ2n) is 7.69. The van der Waals surface area contributed by atoms with Gasteiger partial charge in [0.15, 0.2) is 11.5 Å². The number of nitrogens with zero attached hydrogens (tertiary/aromatic N) is 1. The Balaban J connectivity index is 1.64. The maximum absolute atomic E-state index is 13.3. The first-order valence-corrected chi connectivity index (χ1v) is 11.7. The lowest BCUT2D eigenvalue weighted by molar-refractivity contribution is 0.0934. The number of H-pyrrole nitrogens is 1. The van der Waals surface area contributed by atoms with Crippen LogP contribution in [0.15, 0.2) is 71.2 Å². The number of carbonyl (C=O) groups is 1. The van der Waals surface area contributed by atoms with Crippen LogP contribution in [0, 0.1) is 0 Å². The van der Waals surface area contributed by atoms with Gasteiger partial charge in [-0.3, -0.25) is 4.79 Å². The molecule has 0 saturated heterocycles. The fourth-order valence-electron chi connectivity index (χ4n) is 3.64. The predicted octanol–water partition coefficient (Wildman–Crippen LogP) is 5.84. The van der Waals surface area contributed by atoms with Crippen molar-refractivity contribution in [3.8, 4) is 11.5 Å². The molecule has 4 rings (SSSR count). The molecular formula is C26H26BrN3O3. The van der Waals surface area contributed by atoms with Gasteiger partial charge in [-0.1, -0.05) is 49.4 Å². The minimum atomic E-state index is -0.340. The number of hydrogen-bond donors (Lipinski definition) is 2. The van der Waals surface area contributed by atoms with E-state index in [1.54, 1.807) is 19.2 Å². The van der Waals surface area contributed by atoms with Crippen LogP contribution in [0.1, 0.15) is 41.1 Å². The number of nitrogens with one attached hydrogen (secondary N) is 2. The van der Waals surface area contributed by atoms with E-state index in [2.05, 4.69) is 26.2 Å². The summed E-state index contributed by atoms with van der Waals surface area (Å²) in [5.74, 6) is 1.58. The number of rotatable bonds is 9. The second kappa shape index (κ2) is 10.5. The van der Waals surface area contributed by atoms with Crippen molar-refractivity contribution >= 4 is 32.9 Å². The van der Waals surface area contributed by atoms with Gasteiger partial charge < -0.3 is 19.8 Å². The van der Waals surface area contributed by atoms with E-state index in [1.165, 1.54) is 0 Å². The molecule has 0 fully saturated rings. The number of para-hydroxylation sites is 2. The smallest absolute Gasteiger partial charge is 0.252 e. The molecule has 7 heteroatoms. The van der Waals surface area contributed by atoms with E-state index in [9.17, 15) is 4.79 Å². The number of ether oxygens (including phenoxy) is 2. The predicted molar refractivity (Wildman–Crippen MR) is 133 cm³/mol. The number of carbonyl (C=O) groups excluding carboxylic acids is 1. The molecule has 4 aromatic rings. The summed E-state index contributed by atoms with van der Waals surface area (Å²) < 4.78 is 11.9. The number of benzene rings is 3. The summed E-state index contributed by atoms with van der Waals surface area (Å²) in [6.07, 6.45) is 1.47. The van der Waals surface area contributed by atoms with Crippen LogP contribution in [0.2, 0.25) is 0 Å². The number of halogens is 1. The average molecular weight is 508 g/mol. The number of aromatic amines is 1. The second-order valence-corrected chi connectivity index (χ2v) is 8.55. The van der Waals surface area contributed by atoms with E-state index in [0.29, 0.717) is 40.4 Å². The lowest BCUT2D eigenvalue weighted by atomic mass is 10.0. The largest absolute Gasteiger partial charge is 0.493 e. The molecule has 1 aromatic heterocycles. The van der Waals surface area contributed by atoms with Crippen molar-refractivity contribution in [3.63, 3.8) is 0 Å². The van der Waals surface area contributed by atoms with Crippen LogP contribution in [0.25, 0.3) is 11.0 Å². The molecule has 0 aliphatic heterocycles. The topological polar surface area (TPSA) is 76.2 Å². The summed E-state index contributed by atoms with van der Waals surface area (Å²) in [6, 6.07) is 21.0. The average Bonchev–Trinajstić information content (AvgIpc) is 3.27. The Bertz CT molecular complexity index is 1210. The van der Waals surface area contributed by atoms with Crippen molar-refractivity contribution in [1.29, 1.82) is 0 Å². The molecule has 0 bridgehead atoms. The van der Waals surface area contributed by atoms with E-state index in [1.807, 2.05) is 61.5 Å². The van der Waals surface area contributed by atoms with Gasteiger partial charge >= 0.3 is 0 Å². The van der Waals surface area contributed by atoms with Crippen molar-refractivity contribution in [2.45, 2.75) is 25.8 Å². The maximum Gasteiger partial charge on any atom is 0.252 e.